The van der Waals surface area contributed by atoms with Crippen molar-refractivity contribution < 1.29 is 92.1 Å². The molecule has 24 heteroatoms. The Hall–Kier alpha value is -6.08. The molecule has 9 N–H and O–H groups in total. The number of carboxylic acid groups (broad SMARTS) is 4. The Bertz CT molecular complexity index is 1940. The second-order valence-electron chi connectivity index (χ2n) is 18.6. The van der Waals surface area contributed by atoms with Gasteiger partial charge in [0.25, 0.3) is 0 Å². The van der Waals surface area contributed by atoms with Crippen molar-refractivity contribution in [2.24, 2.45) is 5.92 Å². The number of carboxylic acids is 4. The number of ether oxygens (including phenoxy) is 5. The lowest BCUT2D eigenvalue weighted by Gasteiger charge is -2.21. The molecule has 0 unspecified atom stereocenters. The Balaban J connectivity index is 2.08. The fraction of sp³-hybridized carbons (Fsp3) is 0.685. The Kier molecular flexibility index (Phi) is 40.2. The summed E-state index contributed by atoms with van der Waals surface area (Å²) in [5.74, 6) is -6.90. The number of carbonyl (C=O) groups excluding carboxylic acids is 6. The topological polar surface area (TPSA) is 358 Å². The van der Waals surface area contributed by atoms with Gasteiger partial charge in [0.1, 0.15) is 42.6 Å². The first-order chi connectivity index (χ1) is 37.5. The Morgan fingerprint density at radius 2 is 1.08 bits per heavy atom. The number of amides is 4. The lowest BCUT2D eigenvalue weighted by Crippen LogP contribution is -2.44. The second kappa shape index (κ2) is 44.9. The van der Waals surface area contributed by atoms with E-state index in [-0.39, 0.29) is 152 Å². The molecule has 440 valence electrons. The van der Waals surface area contributed by atoms with Gasteiger partial charge in [0.15, 0.2) is 0 Å². The maximum absolute atomic E-state index is 13.1. The van der Waals surface area contributed by atoms with Gasteiger partial charge in [0, 0.05) is 64.8 Å². The van der Waals surface area contributed by atoms with Crippen LogP contribution in [0.15, 0.2) is 24.3 Å². The van der Waals surface area contributed by atoms with Gasteiger partial charge >= 0.3 is 23.9 Å². The molecule has 24 nitrogen and oxygen atoms in total. The molecule has 0 aliphatic carbocycles. The molecule has 2 radical (unpaired) electrons. The summed E-state index contributed by atoms with van der Waals surface area (Å²) in [5, 5.41) is 49.7. The van der Waals surface area contributed by atoms with E-state index >= 15 is 0 Å². The highest BCUT2D eigenvalue weighted by molar-refractivity contribution is 5.88. The second-order valence-corrected chi connectivity index (χ2v) is 18.6. The van der Waals surface area contributed by atoms with Crippen LogP contribution in [0, 0.1) is 13.0 Å². The molecule has 0 saturated carbocycles. The predicted molar refractivity (Wildman–Crippen MR) is 282 cm³/mol. The van der Waals surface area contributed by atoms with E-state index < -0.39 is 60.2 Å². The third-order valence-corrected chi connectivity index (χ3v) is 12.1. The zero-order valence-corrected chi connectivity index (χ0v) is 45.2. The first-order valence-corrected chi connectivity index (χ1v) is 27.0. The summed E-state index contributed by atoms with van der Waals surface area (Å²) < 4.78 is 27.2. The van der Waals surface area contributed by atoms with E-state index in [0.29, 0.717) is 50.9 Å². The summed E-state index contributed by atoms with van der Waals surface area (Å²) in [7, 11) is 5.51. The van der Waals surface area contributed by atoms with Crippen molar-refractivity contribution in [1.29, 1.82) is 0 Å². The number of hydrogen-bond acceptors (Lipinski definition) is 16. The standard InChI is InChI=1S/C54H85N5O19/c1-3-14-43(55-2)46(61)26-20-39(51(67)59-45(54(72)73)25-27-50(65)66)15-10-11-28-56-48(63)37-77-36-34-75-32-29-57-49(64)38-76-35-33-74-30-13-16-41(60)21-24-44(53(70)71)58-47(62)17-9-7-5-4-6-8-12-31-78-42-22-18-40(19-23-42)52(68)69/h2,18-19,22-23,39,43-45,55H,3-17,20-21,24-38H2,1H3,(H,56,63)(H,57,64)(H,58,62)(H,59,67)(H,65,66)(H,68,69)(H,70,71)(H,72,73)/t39-,43+,44+,45+/m1/s1. The van der Waals surface area contributed by atoms with Crippen LogP contribution in [-0.4, -0.2) is 170 Å². The van der Waals surface area contributed by atoms with Crippen LogP contribution in [0.5, 0.6) is 5.75 Å². The maximum Gasteiger partial charge on any atom is 0.335 e. The summed E-state index contributed by atoms with van der Waals surface area (Å²) >= 11 is 0. The number of aromatic carboxylic acids is 1. The lowest BCUT2D eigenvalue weighted by molar-refractivity contribution is -0.144. The Morgan fingerprint density at radius 3 is 1.68 bits per heavy atom. The smallest absolute Gasteiger partial charge is 0.335 e. The normalized spacial score (nSPS) is 12.6. The third kappa shape index (κ3) is 36.9. The number of carbonyl (C=O) groups is 10. The van der Waals surface area contributed by atoms with Crippen LogP contribution in [0.2, 0.25) is 0 Å². The third-order valence-electron chi connectivity index (χ3n) is 12.1. The molecule has 0 spiro atoms. The zero-order chi connectivity index (χ0) is 57.8. The van der Waals surface area contributed by atoms with Gasteiger partial charge in [-0.15, -0.1) is 0 Å². The minimum Gasteiger partial charge on any atom is -0.494 e. The zero-order valence-electron chi connectivity index (χ0n) is 45.2. The molecule has 0 heterocycles. The van der Waals surface area contributed by atoms with Gasteiger partial charge in [-0.05, 0) is 82.1 Å². The average Bonchev–Trinajstić information content (AvgIpc) is 3.40. The molecular formula is C54H85N5O19. The fourth-order valence-electron chi connectivity index (χ4n) is 7.70. The summed E-state index contributed by atoms with van der Waals surface area (Å²) in [6, 6.07) is 3.13. The van der Waals surface area contributed by atoms with E-state index in [1.54, 1.807) is 12.1 Å². The molecule has 1 rings (SSSR count). The minimum atomic E-state index is -1.40. The number of ketones is 2. The molecule has 4 atom stereocenters. The van der Waals surface area contributed by atoms with E-state index in [0.717, 1.165) is 38.5 Å². The molecule has 0 aliphatic rings. The van der Waals surface area contributed by atoms with Gasteiger partial charge in [0.2, 0.25) is 23.6 Å². The molecule has 1 aromatic rings. The number of rotatable bonds is 52. The summed E-state index contributed by atoms with van der Waals surface area (Å²) in [6.07, 6.45) is 8.87. The largest absolute Gasteiger partial charge is 0.494 e. The quantitative estimate of drug-likeness (QED) is 0.0330. The SMILES string of the molecule is [CH]N[C@@H](CCC)C(=O)CC[C@@H](CCCCNC(=O)COCCOCCNC(=O)COCCOCCCC(=O)CC[C@H](NC(=O)CCCCCCCCCOc1ccc(C(=O)O)cc1)C(=O)O)C(=O)N[C@@H](CCC(=O)O)C(=O)O. The monoisotopic (exact) mass is 1110 g/mol. The predicted octanol–water partition coefficient (Wildman–Crippen LogP) is 3.88. The van der Waals surface area contributed by atoms with Gasteiger partial charge in [-0.1, -0.05) is 51.9 Å². The minimum absolute atomic E-state index is 0.00132. The van der Waals surface area contributed by atoms with Crippen molar-refractivity contribution in [3.63, 3.8) is 0 Å². The van der Waals surface area contributed by atoms with Gasteiger partial charge in [-0.25, -0.2) is 14.4 Å². The Labute approximate surface area is 457 Å². The molecule has 0 saturated heterocycles. The summed E-state index contributed by atoms with van der Waals surface area (Å²) in [4.78, 5) is 120. The molecular weight excluding hydrogens is 1020 g/mol. The van der Waals surface area contributed by atoms with E-state index in [1.165, 1.54) is 12.1 Å². The van der Waals surface area contributed by atoms with Crippen molar-refractivity contribution in [3.05, 3.63) is 36.9 Å². The van der Waals surface area contributed by atoms with Crippen LogP contribution in [0.3, 0.4) is 0 Å². The van der Waals surface area contributed by atoms with E-state index in [9.17, 15) is 58.2 Å². The number of benzene rings is 1. The van der Waals surface area contributed by atoms with Crippen LogP contribution in [0.4, 0.5) is 0 Å². The van der Waals surface area contributed by atoms with Crippen molar-refractivity contribution in [2.75, 3.05) is 72.6 Å². The number of hydrogen-bond donors (Lipinski definition) is 9. The highest BCUT2D eigenvalue weighted by atomic mass is 16.5. The van der Waals surface area contributed by atoms with Crippen molar-refractivity contribution in [2.45, 2.75) is 160 Å². The van der Waals surface area contributed by atoms with Gasteiger partial charge < -0.3 is 70.7 Å². The molecule has 0 aromatic heterocycles. The van der Waals surface area contributed by atoms with Crippen LogP contribution < -0.4 is 31.3 Å². The molecule has 1 aromatic carbocycles. The first kappa shape index (κ1) is 69.9. The molecule has 4 amide bonds. The average molecular weight is 1110 g/mol. The maximum atomic E-state index is 13.1. The molecule has 78 heavy (non-hydrogen) atoms. The highest BCUT2D eigenvalue weighted by Crippen LogP contribution is 2.19. The van der Waals surface area contributed by atoms with E-state index in [4.69, 9.17) is 40.9 Å². The molecule has 0 aliphatic heterocycles. The fourth-order valence-corrected chi connectivity index (χ4v) is 7.70. The number of nitrogens with one attached hydrogen (secondary N) is 5. The van der Waals surface area contributed by atoms with Gasteiger partial charge in [-0.3, -0.25) is 33.6 Å². The van der Waals surface area contributed by atoms with Crippen LogP contribution in [0.25, 0.3) is 0 Å². The van der Waals surface area contributed by atoms with Crippen molar-refractivity contribution in [3.8, 4) is 5.75 Å². The summed E-state index contributed by atoms with van der Waals surface area (Å²) in [6.45, 7) is 3.54. The van der Waals surface area contributed by atoms with Crippen LogP contribution in [-0.2, 0) is 62.1 Å². The van der Waals surface area contributed by atoms with Crippen LogP contribution >= 0.6 is 0 Å². The molecule has 0 bridgehead atoms. The lowest BCUT2D eigenvalue weighted by atomic mass is 9.92. The van der Waals surface area contributed by atoms with Crippen molar-refractivity contribution in [1.82, 2.24) is 26.6 Å². The Morgan fingerprint density at radius 1 is 0.500 bits per heavy atom. The van der Waals surface area contributed by atoms with Gasteiger partial charge in [-0.2, -0.15) is 0 Å². The molecule has 0 fully saturated rings. The van der Waals surface area contributed by atoms with E-state index in [2.05, 4.69) is 26.6 Å². The number of aliphatic carboxylic acids is 3. The van der Waals surface area contributed by atoms with Gasteiger partial charge in [0.05, 0.1) is 51.2 Å². The first-order valence-electron chi connectivity index (χ1n) is 27.0. The van der Waals surface area contributed by atoms with Crippen molar-refractivity contribution >= 4 is 59.1 Å². The van der Waals surface area contributed by atoms with E-state index in [1.807, 2.05) is 6.92 Å². The highest BCUT2D eigenvalue weighted by Gasteiger charge is 2.27. The number of Topliss-reactive ketones (excluding diaryl/α,β-unsaturated/α-hetero) is 2. The summed E-state index contributed by atoms with van der Waals surface area (Å²) in [5.41, 5.74) is 0.206. The van der Waals surface area contributed by atoms with Crippen LogP contribution in [0.1, 0.15) is 152 Å². The number of unbranched alkanes of at least 4 members (excludes halogenated alkanes) is 7.